The number of amides is 1. The van der Waals surface area contributed by atoms with Crippen molar-refractivity contribution in [1.82, 2.24) is 20.3 Å². The molecule has 21 heavy (non-hydrogen) atoms. The van der Waals surface area contributed by atoms with E-state index in [1.807, 2.05) is 0 Å². The van der Waals surface area contributed by atoms with Crippen molar-refractivity contribution in [2.24, 2.45) is 0 Å². The fraction of sp³-hybridized carbons (Fsp3) is 0.929. The zero-order chi connectivity index (χ0) is 15.2. The lowest BCUT2D eigenvalue weighted by molar-refractivity contribution is -0.123. The largest absolute Gasteiger partial charge is 0.437 e. The molecule has 6 nitrogen and oxygen atoms in total. The predicted molar refractivity (Wildman–Crippen MR) is 85.1 cm³/mol. The molecule has 1 aliphatic carbocycles. The average molecular weight is 296 g/mol. The summed E-state index contributed by atoms with van der Waals surface area (Å²) in [5, 5.41) is 15.6. The van der Waals surface area contributed by atoms with Crippen molar-refractivity contribution >= 4 is 13.0 Å². The third kappa shape index (κ3) is 5.94. The number of carbonyl (C=O) groups is 1. The van der Waals surface area contributed by atoms with E-state index < -0.39 is 7.05 Å². The normalized spacial score (nSPS) is 28.3. The van der Waals surface area contributed by atoms with E-state index in [-0.39, 0.29) is 5.91 Å². The third-order valence-corrected chi connectivity index (χ3v) is 4.53. The first-order valence-corrected chi connectivity index (χ1v) is 8.17. The van der Waals surface area contributed by atoms with Crippen molar-refractivity contribution in [2.45, 2.75) is 44.6 Å². The van der Waals surface area contributed by atoms with Gasteiger partial charge in [-0.25, -0.2) is 0 Å². The second-order valence-corrected chi connectivity index (χ2v) is 6.54. The standard InChI is InChI=1S/C14H29BN4O2/c1-15(21)17-13-5-3-12(4-6-13)16-14(20)11-19-9-7-18(2)8-10-19/h12-13,17,21H,3-11H2,1-2H3,(H,16,20). The molecule has 2 rings (SSSR count). The van der Waals surface area contributed by atoms with Gasteiger partial charge in [-0.1, -0.05) is 0 Å². The zero-order valence-corrected chi connectivity index (χ0v) is 13.3. The molecule has 2 fully saturated rings. The molecular weight excluding hydrogens is 267 g/mol. The Balaban J connectivity index is 1.63. The molecule has 0 aromatic rings. The van der Waals surface area contributed by atoms with Crippen molar-refractivity contribution in [2.75, 3.05) is 39.8 Å². The smallest absolute Gasteiger partial charge is 0.373 e. The van der Waals surface area contributed by atoms with E-state index in [4.69, 9.17) is 0 Å². The van der Waals surface area contributed by atoms with Gasteiger partial charge in [-0.05, 0) is 45.6 Å². The van der Waals surface area contributed by atoms with Gasteiger partial charge >= 0.3 is 7.05 Å². The number of likely N-dealkylation sites (N-methyl/N-ethyl adjacent to an activating group) is 1. The summed E-state index contributed by atoms with van der Waals surface area (Å²) >= 11 is 0. The second kappa shape index (κ2) is 8.12. The number of rotatable bonds is 5. The number of hydrogen-bond acceptors (Lipinski definition) is 5. The molecule has 0 aromatic carbocycles. The molecule has 1 amide bonds. The SMILES string of the molecule is CB(O)NC1CCC(NC(=O)CN2CCN(C)CC2)CC1. The van der Waals surface area contributed by atoms with Crippen LogP contribution in [0.1, 0.15) is 25.7 Å². The molecule has 1 saturated heterocycles. The summed E-state index contributed by atoms with van der Waals surface area (Å²) in [5.74, 6) is 0.159. The molecule has 0 radical (unpaired) electrons. The average Bonchev–Trinajstić information content (AvgIpc) is 2.43. The molecular formula is C14H29BN4O2. The van der Waals surface area contributed by atoms with Crippen LogP contribution in [0.3, 0.4) is 0 Å². The fourth-order valence-electron chi connectivity index (χ4n) is 3.23. The lowest BCUT2D eigenvalue weighted by Crippen LogP contribution is -2.50. The molecule has 0 atom stereocenters. The third-order valence-electron chi connectivity index (χ3n) is 4.53. The highest BCUT2D eigenvalue weighted by atomic mass is 16.2. The Morgan fingerprint density at radius 3 is 2.29 bits per heavy atom. The molecule has 0 unspecified atom stereocenters. The van der Waals surface area contributed by atoms with Crippen molar-refractivity contribution in [1.29, 1.82) is 0 Å². The molecule has 3 N–H and O–H groups in total. The molecule has 1 heterocycles. The molecule has 1 aliphatic heterocycles. The van der Waals surface area contributed by atoms with Gasteiger partial charge < -0.3 is 20.5 Å². The van der Waals surface area contributed by atoms with Gasteiger partial charge in [0.05, 0.1) is 6.54 Å². The first-order valence-electron chi connectivity index (χ1n) is 8.17. The van der Waals surface area contributed by atoms with Crippen LogP contribution >= 0.6 is 0 Å². The van der Waals surface area contributed by atoms with Gasteiger partial charge in [0.15, 0.2) is 0 Å². The molecule has 0 bridgehead atoms. The van der Waals surface area contributed by atoms with E-state index in [0.717, 1.165) is 51.9 Å². The predicted octanol–water partition coefficient (Wildman–Crippen LogP) is -0.639. The van der Waals surface area contributed by atoms with Crippen molar-refractivity contribution < 1.29 is 9.82 Å². The summed E-state index contributed by atoms with van der Waals surface area (Å²) in [5.41, 5.74) is 0. The highest BCUT2D eigenvalue weighted by Crippen LogP contribution is 2.18. The maximum atomic E-state index is 12.1. The maximum absolute atomic E-state index is 12.1. The minimum Gasteiger partial charge on any atom is -0.437 e. The molecule has 2 aliphatic rings. The van der Waals surface area contributed by atoms with Crippen molar-refractivity contribution in [3.05, 3.63) is 0 Å². The van der Waals surface area contributed by atoms with Crippen LogP contribution in [0.25, 0.3) is 0 Å². The van der Waals surface area contributed by atoms with Crippen molar-refractivity contribution in [3.63, 3.8) is 0 Å². The lowest BCUT2D eigenvalue weighted by atomic mass is 9.82. The summed E-state index contributed by atoms with van der Waals surface area (Å²) in [7, 11) is 1.68. The first-order chi connectivity index (χ1) is 10.0. The van der Waals surface area contributed by atoms with E-state index in [0.29, 0.717) is 18.6 Å². The van der Waals surface area contributed by atoms with E-state index in [2.05, 4.69) is 27.4 Å². The van der Waals surface area contributed by atoms with Crippen LogP contribution in [0, 0.1) is 0 Å². The lowest BCUT2D eigenvalue weighted by Gasteiger charge is -2.33. The summed E-state index contributed by atoms with van der Waals surface area (Å²) in [6, 6.07) is 0.688. The minimum atomic E-state index is -0.446. The number of nitrogens with one attached hydrogen (secondary N) is 2. The first kappa shape index (κ1) is 16.7. The van der Waals surface area contributed by atoms with Crippen LogP contribution in [0.15, 0.2) is 0 Å². The molecule has 7 heteroatoms. The van der Waals surface area contributed by atoms with Gasteiger partial charge in [0.25, 0.3) is 0 Å². The molecule has 120 valence electrons. The Bertz CT molecular complexity index is 327. The van der Waals surface area contributed by atoms with E-state index >= 15 is 0 Å². The van der Waals surface area contributed by atoms with Gasteiger partial charge in [-0.2, -0.15) is 0 Å². The Morgan fingerprint density at radius 2 is 1.71 bits per heavy atom. The zero-order valence-electron chi connectivity index (χ0n) is 13.3. The Labute approximate surface area is 128 Å². The molecule has 0 spiro atoms. The Hall–Kier alpha value is -0.625. The number of nitrogens with zero attached hydrogens (tertiary/aromatic N) is 2. The van der Waals surface area contributed by atoms with Gasteiger partial charge in [0, 0.05) is 32.2 Å². The Morgan fingerprint density at radius 1 is 1.14 bits per heavy atom. The van der Waals surface area contributed by atoms with Gasteiger partial charge in [0.2, 0.25) is 5.91 Å². The van der Waals surface area contributed by atoms with Crippen LogP contribution in [0.5, 0.6) is 0 Å². The Kier molecular flexibility index (Phi) is 6.48. The monoisotopic (exact) mass is 296 g/mol. The van der Waals surface area contributed by atoms with E-state index in [1.54, 1.807) is 6.82 Å². The van der Waals surface area contributed by atoms with Crippen molar-refractivity contribution in [3.8, 4) is 0 Å². The highest BCUT2D eigenvalue weighted by molar-refractivity contribution is 6.45. The van der Waals surface area contributed by atoms with Gasteiger partial charge in [-0.15, -0.1) is 0 Å². The number of piperazine rings is 1. The minimum absolute atomic E-state index is 0.159. The summed E-state index contributed by atoms with van der Waals surface area (Å²) < 4.78 is 0. The topological polar surface area (TPSA) is 67.8 Å². The van der Waals surface area contributed by atoms with Crippen LogP contribution in [-0.4, -0.2) is 79.6 Å². The fourth-order valence-corrected chi connectivity index (χ4v) is 3.23. The molecule has 1 saturated carbocycles. The summed E-state index contributed by atoms with van der Waals surface area (Å²) in [6.07, 6.45) is 4.03. The van der Waals surface area contributed by atoms with Crippen LogP contribution < -0.4 is 10.5 Å². The van der Waals surface area contributed by atoms with E-state index in [9.17, 15) is 9.82 Å². The highest BCUT2D eigenvalue weighted by Gasteiger charge is 2.24. The summed E-state index contributed by atoms with van der Waals surface area (Å²) in [4.78, 5) is 16.6. The quantitative estimate of drug-likeness (QED) is 0.589. The van der Waals surface area contributed by atoms with Gasteiger partial charge in [0.1, 0.15) is 0 Å². The summed E-state index contributed by atoms with van der Waals surface area (Å²) in [6.45, 7) is 6.33. The second-order valence-electron chi connectivity index (χ2n) is 6.54. The van der Waals surface area contributed by atoms with Crippen LogP contribution in [-0.2, 0) is 4.79 Å². The number of carbonyl (C=O) groups excluding carboxylic acids is 1. The van der Waals surface area contributed by atoms with Crippen LogP contribution in [0.2, 0.25) is 6.82 Å². The maximum Gasteiger partial charge on any atom is 0.373 e. The van der Waals surface area contributed by atoms with Crippen LogP contribution in [0.4, 0.5) is 0 Å². The molecule has 0 aromatic heterocycles. The van der Waals surface area contributed by atoms with Gasteiger partial charge in [-0.3, -0.25) is 9.69 Å². The number of hydrogen-bond donors (Lipinski definition) is 3. The van der Waals surface area contributed by atoms with E-state index in [1.165, 1.54) is 0 Å².